The van der Waals surface area contributed by atoms with E-state index in [1.54, 1.807) is 6.21 Å². The summed E-state index contributed by atoms with van der Waals surface area (Å²) in [6.07, 6.45) is 2.10. The van der Waals surface area contributed by atoms with Gasteiger partial charge in [-0.25, -0.2) is 0 Å². The van der Waals surface area contributed by atoms with Gasteiger partial charge >= 0.3 is 0 Å². The molecule has 2 rings (SSSR count). The summed E-state index contributed by atoms with van der Waals surface area (Å²) in [5, 5.41) is 0. The van der Waals surface area contributed by atoms with Crippen molar-refractivity contribution >= 4 is 17.7 Å². The summed E-state index contributed by atoms with van der Waals surface area (Å²) < 4.78 is 0. The average molecular weight is 235 g/mol. The molecule has 1 aromatic rings. The van der Waals surface area contributed by atoms with E-state index in [2.05, 4.69) is 4.99 Å². The van der Waals surface area contributed by atoms with E-state index < -0.39 is 0 Å². The van der Waals surface area contributed by atoms with Crippen molar-refractivity contribution in [3.05, 3.63) is 29.8 Å². The lowest BCUT2D eigenvalue weighted by molar-refractivity contribution is 0.100. The van der Waals surface area contributed by atoms with Gasteiger partial charge in [-0.3, -0.25) is 9.79 Å². The molecule has 0 saturated carbocycles. The Morgan fingerprint density at radius 3 is 2.00 bits per heavy atom. The molecule has 0 fully saturated rings. The molecule has 0 bridgehead atoms. The Bertz CT molecular complexity index is 329. The number of carbonyl (C=O) groups is 1. The number of carbonyl (C=O) groups excluding carboxylic acids is 1. The van der Waals surface area contributed by atoms with Crippen LogP contribution in [-0.2, 0) is 0 Å². The van der Waals surface area contributed by atoms with Crippen molar-refractivity contribution in [2.45, 2.75) is 48.0 Å². The molecule has 0 atom stereocenters. The third kappa shape index (κ3) is 6.00. The molecule has 0 aliphatic carbocycles. The fraction of sp³-hybridized carbons (Fsp3) is 0.467. The monoisotopic (exact) mass is 235 g/mol. The quantitative estimate of drug-likeness (QED) is 0.618. The Hall–Kier alpha value is -1.44. The molecule has 1 aliphatic heterocycles. The Kier molecular flexibility index (Phi) is 13.3. The number of benzene rings is 1. The van der Waals surface area contributed by atoms with E-state index in [1.165, 1.54) is 0 Å². The minimum Gasteiger partial charge on any atom is -0.294 e. The van der Waals surface area contributed by atoms with E-state index in [-0.39, 0.29) is 5.78 Å². The molecule has 0 saturated heterocycles. The Balaban J connectivity index is 0. The topological polar surface area (TPSA) is 29.4 Å². The zero-order valence-electron chi connectivity index (χ0n) is 11.9. The van der Waals surface area contributed by atoms with Crippen LogP contribution in [0.2, 0.25) is 0 Å². The Morgan fingerprint density at radius 2 is 1.47 bits per heavy atom. The Morgan fingerprint density at radius 1 is 0.941 bits per heavy atom. The maximum absolute atomic E-state index is 11.2. The molecule has 2 heteroatoms. The van der Waals surface area contributed by atoms with Gasteiger partial charge in [0.05, 0.1) is 5.69 Å². The molecule has 0 N–H and O–H groups in total. The predicted octanol–water partition coefficient (Wildman–Crippen LogP) is 5.05. The van der Waals surface area contributed by atoms with Crippen molar-refractivity contribution in [1.82, 2.24) is 0 Å². The van der Waals surface area contributed by atoms with E-state index in [0.29, 0.717) is 6.42 Å². The average Bonchev–Trinajstić information content (AvgIpc) is 2.46. The lowest BCUT2D eigenvalue weighted by atomic mass is 10.0. The van der Waals surface area contributed by atoms with E-state index >= 15 is 0 Å². The number of ketones is 1. The smallest absolute Gasteiger partial charge is 0.170 e. The molecule has 1 heterocycles. The second-order valence-corrected chi connectivity index (χ2v) is 2.46. The van der Waals surface area contributed by atoms with Crippen molar-refractivity contribution in [3.8, 4) is 0 Å². The van der Waals surface area contributed by atoms with Gasteiger partial charge in [-0.15, -0.1) is 0 Å². The van der Waals surface area contributed by atoms with Gasteiger partial charge in [0.2, 0.25) is 0 Å². The second-order valence-electron chi connectivity index (χ2n) is 2.46. The maximum Gasteiger partial charge on any atom is 0.170 e. The van der Waals surface area contributed by atoms with Gasteiger partial charge in [0, 0.05) is 18.2 Å². The van der Waals surface area contributed by atoms with Gasteiger partial charge in [0.25, 0.3) is 0 Å². The van der Waals surface area contributed by atoms with Gasteiger partial charge in [-0.05, 0) is 12.1 Å². The zero-order valence-corrected chi connectivity index (χ0v) is 11.9. The first-order valence-electron chi connectivity index (χ1n) is 6.53. The minimum absolute atomic E-state index is 0.163. The first-order valence-corrected chi connectivity index (χ1v) is 6.53. The third-order valence-electron chi connectivity index (χ3n) is 1.71. The minimum atomic E-state index is 0.163. The molecular weight excluding hydrogens is 210 g/mol. The van der Waals surface area contributed by atoms with Crippen LogP contribution in [0.3, 0.4) is 0 Å². The number of aliphatic imine (C=N–C) groups is 1. The molecule has 96 valence electrons. The number of hydrogen-bond acceptors (Lipinski definition) is 2. The zero-order chi connectivity index (χ0) is 13.7. The fourth-order valence-corrected chi connectivity index (χ4v) is 1.16. The van der Waals surface area contributed by atoms with Crippen LogP contribution in [0, 0.1) is 0 Å². The summed E-state index contributed by atoms with van der Waals surface area (Å²) in [5.74, 6) is 0.163. The molecule has 2 nitrogen and oxygen atoms in total. The van der Waals surface area contributed by atoms with Gasteiger partial charge < -0.3 is 0 Å². The van der Waals surface area contributed by atoms with Gasteiger partial charge in [-0.1, -0.05) is 53.7 Å². The summed E-state index contributed by atoms with van der Waals surface area (Å²) in [4.78, 5) is 15.3. The van der Waals surface area contributed by atoms with Crippen LogP contribution in [0.15, 0.2) is 29.3 Å². The van der Waals surface area contributed by atoms with E-state index in [4.69, 9.17) is 0 Å². The molecule has 0 radical (unpaired) electrons. The second kappa shape index (κ2) is 12.6. The SMILES string of the molecule is CC.CC.CC.O=C1CC=Nc2ccccc21. The lowest BCUT2D eigenvalue weighted by Crippen LogP contribution is -2.03. The van der Waals surface area contributed by atoms with Crippen molar-refractivity contribution in [2.75, 3.05) is 0 Å². The van der Waals surface area contributed by atoms with Crippen LogP contribution < -0.4 is 0 Å². The normalized spacial score (nSPS) is 10.6. The molecule has 0 spiro atoms. The third-order valence-corrected chi connectivity index (χ3v) is 1.71. The summed E-state index contributed by atoms with van der Waals surface area (Å²) in [6, 6.07) is 7.41. The Labute approximate surface area is 106 Å². The van der Waals surface area contributed by atoms with Gasteiger partial charge in [-0.2, -0.15) is 0 Å². The number of fused-ring (bicyclic) bond motifs is 1. The van der Waals surface area contributed by atoms with Crippen LogP contribution in [-0.4, -0.2) is 12.0 Å². The van der Waals surface area contributed by atoms with Crippen LogP contribution in [0.1, 0.15) is 58.3 Å². The highest BCUT2D eigenvalue weighted by atomic mass is 16.1. The van der Waals surface area contributed by atoms with E-state index in [0.717, 1.165) is 11.3 Å². The van der Waals surface area contributed by atoms with Crippen molar-refractivity contribution < 1.29 is 4.79 Å². The molecule has 0 aromatic heterocycles. The predicted molar refractivity (Wildman–Crippen MR) is 77.6 cm³/mol. The van der Waals surface area contributed by atoms with Gasteiger partial charge in [0.15, 0.2) is 5.78 Å². The van der Waals surface area contributed by atoms with E-state index in [1.807, 2.05) is 65.8 Å². The molecule has 1 aliphatic rings. The maximum atomic E-state index is 11.2. The van der Waals surface area contributed by atoms with Crippen molar-refractivity contribution in [3.63, 3.8) is 0 Å². The van der Waals surface area contributed by atoms with E-state index in [9.17, 15) is 4.79 Å². The molecule has 1 aromatic carbocycles. The van der Waals surface area contributed by atoms with Crippen molar-refractivity contribution in [2.24, 2.45) is 4.99 Å². The standard InChI is InChI=1S/C9H7NO.3C2H6/c11-9-5-6-10-8-4-2-1-3-7(8)9;3*1-2/h1-4,6H,5H2;3*1-2H3. The number of hydrogen-bond donors (Lipinski definition) is 0. The highest BCUT2D eigenvalue weighted by Gasteiger charge is 2.11. The first kappa shape index (κ1) is 17.9. The summed E-state index contributed by atoms with van der Waals surface area (Å²) in [7, 11) is 0. The highest BCUT2D eigenvalue weighted by Crippen LogP contribution is 2.22. The molecule has 0 unspecified atom stereocenters. The summed E-state index contributed by atoms with van der Waals surface area (Å²) in [6.45, 7) is 12.0. The molecular formula is C15H25NO. The fourth-order valence-electron chi connectivity index (χ4n) is 1.16. The largest absolute Gasteiger partial charge is 0.294 e. The number of nitrogens with zero attached hydrogens (tertiary/aromatic N) is 1. The van der Waals surface area contributed by atoms with Crippen LogP contribution in [0.4, 0.5) is 5.69 Å². The number of rotatable bonds is 0. The first-order chi connectivity index (χ1) is 8.38. The lowest BCUT2D eigenvalue weighted by Gasteiger charge is -2.06. The van der Waals surface area contributed by atoms with Crippen LogP contribution in [0.25, 0.3) is 0 Å². The van der Waals surface area contributed by atoms with Crippen LogP contribution >= 0.6 is 0 Å². The van der Waals surface area contributed by atoms with Crippen molar-refractivity contribution in [1.29, 1.82) is 0 Å². The van der Waals surface area contributed by atoms with Crippen LogP contribution in [0.5, 0.6) is 0 Å². The summed E-state index contributed by atoms with van der Waals surface area (Å²) >= 11 is 0. The number of para-hydroxylation sites is 1. The molecule has 17 heavy (non-hydrogen) atoms. The summed E-state index contributed by atoms with van der Waals surface area (Å²) in [5.41, 5.74) is 1.54. The molecule has 0 amide bonds. The number of Topliss-reactive ketones (excluding diaryl/α,β-unsaturated/α-hetero) is 1. The highest BCUT2D eigenvalue weighted by molar-refractivity contribution is 6.09. The van der Waals surface area contributed by atoms with Gasteiger partial charge in [0.1, 0.15) is 0 Å².